The molecule has 20 heavy (non-hydrogen) atoms. The topological polar surface area (TPSA) is 84.4 Å². The third kappa shape index (κ3) is 3.91. The second-order valence-corrected chi connectivity index (χ2v) is 4.52. The van der Waals surface area contributed by atoms with E-state index in [1.165, 1.54) is 0 Å². The Morgan fingerprint density at radius 2 is 2.05 bits per heavy atom. The number of ether oxygens (including phenoxy) is 1. The summed E-state index contributed by atoms with van der Waals surface area (Å²) in [6, 6.07) is 1.92. The Balaban J connectivity index is 1.65. The second kappa shape index (κ2) is 6.83. The molecule has 7 heteroatoms. The molecule has 1 N–H and O–H groups in total. The summed E-state index contributed by atoms with van der Waals surface area (Å²) in [4.78, 5) is 32.8. The molecule has 1 saturated heterocycles. The van der Waals surface area contributed by atoms with E-state index in [0.29, 0.717) is 25.6 Å². The number of rotatable bonds is 6. The van der Waals surface area contributed by atoms with Crippen LogP contribution in [0.1, 0.15) is 19.8 Å². The number of amides is 1. The van der Waals surface area contributed by atoms with E-state index in [-0.39, 0.29) is 30.8 Å². The monoisotopic (exact) mass is 278 g/mol. The van der Waals surface area contributed by atoms with Gasteiger partial charge < -0.3 is 15.0 Å². The van der Waals surface area contributed by atoms with Gasteiger partial charge in [0.1, 0.15) is 0 Å². The average molecular weight is 278 g/mol. The Kier molecular flexibility index (Phi) is 4.86. The highest BCUT2D eigenvalue weighted by molar-refractivity contribution is 5.82. The Morgan fingerprint density at radius 1 is 1.35 bits per heavy atom. The van der Waals surface area contributed by atoms with E-state index in [2.05, 4.69) is 15.3 Å². The van der Waals surface area contributed by atoms with E-state index < -0.39 is 0 Å². The fourth-order valence-electron chi connectivity index (χ4n) is 1.93. The molecule has 0 bridgehead atoms. The van der Waals surface area contributed by atoms with Gasteiger partial charge in [-0.3, -0.25) is 9.59 Å². The number of nitrogens with one attached hydrogen (secondary N) is 1. The molecule has 1 aliphatic heterocycles. The molecule has 108 valence electrons. The van der Waals surface area contributed by atoms with Crippen molar-refractivity contribution in [3.8, 4) is 0 Å². The molecule has 0 aliphatic carbocycles. The van der Waals surface area contributed by atoms with Crippen molar-refractivity contribution in [2.75, 3.05) is 25.0 Å². The van der Waals surface area contributed by atoms with Crippen molar-refractivity contribution in [2.24, 2.45) is 0 Å². The standard InChI is InChI=1S/C13H18N4O3/c1-2-20-12(19)5-4-11(18)17-8-10(9-17)16-13-14-6-3-7-15-13/h3,6-7,10H,2,4-5,8-9H2,1H3,(H,14,15,16). The normalized spacial score (nSPS) is 14.6. The van der Waals surface area contributed by atoms with Gasteiger partial charge in [0, 0.05) is 31.9 Å². The first-order valence-electron chi connectivity index (χ1n) is 6.66. The van der Waals surface area contributed by atoms with Crippen molar-refractivity contribution in [1.29, 1.82) is 0 Å². The van der Waals surface area contributed by atoms with Gasteiger partial charge in [-0.25, -0.2) is 9.97 Å². The molecule has 2 rings (SSSR count). The molecule has 1 amide bonds. The van der Waals surface area contributed by atoms with Crippen LogP contribution in [0.5, 0.6) is 0 Å². The third-order valence-corrected chi connectivity index (χ3v) is 2.98. The number of anilines is 1. The predicted molar refractivity (Wildman–Crippen MR) is 71.9 cm³/mol. The van der Waals surface area contributed by atoms with Crippen LogP contribution >= 0.6 is 0 Å². The number of hydrogen-bond acceptors (Lipinski definition) is 6. The van der Waals surface area contributed by atoms with Crippen molar-refractivity contribution in [3.05, 3.63) is 18.5 Å². The lowest BCUT2D eigenvalue weighted by molar-refractivity contribution is -0.146. The highest BCUT2D eigenvalue weighted by atomic mass is 16.5. The number of likely N-dealkylation sites (tertiary alicyclic amines) is 1. The van der Waals surface area contributed by atoms with Gasteiger partial charge in [-0.1, -0.05) is 0 Å². The van der Waals surface area contributed by atoms with E-state index in [0.717, 1.165) is 0 Å². The molecule has 1 fully saturated rings. The van der Waals surface area contributed by atoms with E-state index in [1.807, 2.05) is 0 Å². The Hall–Kier alpha value is -2.18. The number of aromatic nitrogens is 2. The average Bonchev–Trinajstić information content (AvgIpc) is 2.41. The zero-order chi connectivity index (χ0) is 14.4. The molecule has 0 spiro atoms. The van der Waals surface area contributed by atoms with E-state index in [4.69, 9.17) is 4.74 Å². The van der Waals surface area contributed by atoms with Gasteiger partial charge in [0.05, 0.1) is 19.1 Å². The fraction of sp³-hybridized carbons (Fsp3) is 0.538. The van der Waals surface area contributed by atoms with Gasteiger partial charge in [-0.15, -0.1) is 0 Å². The smallest absolute Gasteiger partial charge is 0.306 e. The van der Waals surface area contributed by atoms with Gasteiger partial charge in [-0.2, -0.15) is 0 Å². The fourth-order valence-corrected chi connectivity index (χ4v) is 1.93. The molecular weight excluding hydrogens is 260 g/mol. The summed E-state index contributed by atoms with van der Waals surface area (Å²) < 4.78 is 4.79. The van der Waals surface area contributed by atoms with E-state index >= 15 is 0 Å². The quantitative estimate of drug-likeness (QED) is 0.760. The second-order valence-electron chi connectivity index (χ2n) is 4.52. The number of nitrogens with zero attached hydrogens (tertiary/aromatic N) is 3. The van der Waals surface area contributed by atoms with Crippen molar-refractivity contribution in [1.82, 2.24) is 14.9 Å². The van der Waals surface area contributed by atoms with Crippen LogP contribution in [-0.4, -0.2) is 52.5 Å². The molecule has 7 nitrogen and oxygen atoms in total. The summed E-state index contributed by atoms with van der Waals surface area (Å²) >= 11 is 0. The van der Waals surface area contributed by atoms with Crippen LogP contribution in [0, 0.1) is 0 Å². The van der Waals surface area contributed by atoms with Crippen molar-refractivity contribution < 1.29 is 14.3 Å². The molecular formula is C13H18N4O3. The summed E-state index contributed by atoms with van der Waals surface area (Å²) in [5.74, 6) is 0.218. The zero-order valence-corrected chi connectivity index (χ0v) is 11.4. The molecule has 1 aromatic heterocycles. The maximum absolute atomic E-state index is 11.8. The Labute approximate surface area is 117 Å². The summed E-state index contributed by atoms with van der Waals surface area (Å²) in [6.07, 6.45) is 3.67. The molecule has 0 saturated carbocycles. The third-order valence-electron chi connectivity index (χ3n) is 2.98. The lowest BCUT2D eigenvalue weighted by atomic mass is 10.1. The van der Waals surface area contributed by atoms with Crippen LogP contribution in [0.25, 0.3) is 0 Å². The van der Waals surface area contributed by atoms with Gasteiger partial charge >= 0.3 is 5.97 Å². The molecule has 2 heterocycles. The van der Waals surface area contributed by atoms with Gasteiger partial charge in [0.15, 0.2) is 0 Å². The number of carbonyl (C=O) groups excluding carboxylic acids is 2. The molecule has 1 aromatic rings. The summed E-state index contributed by atoms with van der Waals surface area (Å²) in [7, 11) is 0. The van der Waals surface area contributed by atoms with E-state index in [9.17, 15) is 9.59 Å². The van der Waals surface area contributed by atoms with Crippen molar-refractivity contribution >= 4 is 17.8 Å². The largest absolute Gasteiger partial charge is 0.466 e. The molecule has 0 radical (unpaired) electrons. The minimum absolute atomic E-state index is 0.0231. The van der Waals surface area contributed by atoms with Crippen LogP contribution in [0.3, 0.4) is 0 Å². The number of esters is 1. The van der Waals surface area contributed by atoms with Crippen LogP contribution in [-0.2, 0) is 14.3 Å². The van der Waals surface area contributed by atoms with Crippen LogP contribution in [0.2, 0.25) is 0 Å². The van der Waals surface area contributed by atoms with Crippen LogP contribution in [0.4, 0.5) is 5.95 Å². The highest BCUT2D eigenvalue weighted by Crippen LogP contribution is 2.14. The SMILES string of the molecule is CCOC(=O)CCC(=O)N1CC(Nc2ncccn2)C1. The Bertz CT molecular complexity index is 460. The van der Waals surface area contributed by atoms with Gasteiger partial charge in [0.2, 0.25) is 11.9 Å². The number of carbonyl (C=O) groups is 2. The van der Waals surface area contributed by atoms with Gasteiger partial charge in [-0.05, 0) is 13.0 Å². The lowest BCUT2D eigenvalue weighted by Gasteiger charge is -2.39. The predicted octanol–water partition coefficient (Wildman–Crippen LogP) is 0.443. The first-order chi connectivity index (χ1) is 9.69. The van der Waals surface area contributed by atoms with Gasteiger partial charge in [0.25, 0.3) is 0 Å². The van der Waals surface area contributed by atoms with Crippen molar-refractivity contribution in [3.63, 3.8) is 0 Å². The first kappa shape index (κ1) is 14.2. The maximum Gasteiger partial charge on any atom is 0.306 e. The summed E-state index contributed by atoms with van der Waals surface area (Å²) in [5.41, 5.74) is 0. The highest BCUT2D eigenvalue weighted by Gasteiger charge is 2.30. The molecule has 1 aliphatic rings. The first-order valence-corrected chi connectivity index (χ1v) is 6.66. The zero-order valence-electron chi connectivity index (χ0n) is 11.4. The number of hydrogen-bond donors (Lipinski definition) is 1. The Morgan fingerprint density at radius 3 is 2.70 bits per heavy atom. The lowest BCUT2D eigenvalue weighted by Crippen LogP contribution is -2.57. The maximum atomic E-state index is 11.8. The molecule has 0 unspecified atom stereocenters. The molecule has 0 aromatic carbocycles. The van der Waals surface area contributed by atoms with Crippen molar-refractivity contribution in [2.45, 2.75) is 25.8 Å². The molecule has 0 atom stereocenters. The van der Waals surface area contributed by atoms with E-state index in [1.54, 1.807) is 30.3 Å². The summed E-state index contributed by atoms with van der Waals surface area (Å²) in [5, 5.41) is 3.14. The van der Waals surface area contributed by atoms with Crippen LogP contribution < -0.4 is 5.32 Å². The summed E-state index contributed by atoms with van der Waals surface area (Å²) in [6.45, 7) is 3.32. The minimum Gasteiger partial charge on any atom is -0.466 e. The van der Waals surface area contributed by atoms with Crippen LogP contribution in [0.15, 0.2) is 18.5 Å². The minimum atomic E-state index is -0.325.